The van der Waals surface area contributed by atoms with Gasteiger partial charge < -0.3 is 15.7 Å². The zero-order valence-electron chi connectivity index (χ0n) is 9.96. The quantitative estimate of drug-likeness (QED) is 0.620. The molecule has 6 nitrogen and oxygen atoms in total. The largest absolute Gasteiger partial charge is 0.480 e. The highest BCUT2D eigenvalue weighted by atomic mass is 16.4. The fourth-order valence-corrected chi connectivity index (χ4v) is 0.795. The Hall–Kier alpha value is -1.59. The summed E-state index contributed by atoms with van der Waals surface area (Å²) in [6.45, 7) is 6.23. The van der Waals surface area contributed by atoms with Crippen LogP contribution in [0.1, 0.15) is 27.7 Å². The maximum Gasteiger partial charge on any atom is 0.322 e. The first kappa shape index (κ1) is 14.4. The normalized spacial score (nSPS) is 12.8. The van der Waals surface area contributed by atoms with Gasteiger partial charge in [0.05, 0.1) is 0 Å². The molecule has 0 saturated carbocycles. The lowest BCUT2D eigenvalue weighted by Gasteiger charge is -2.21. The number of carbonyl (C=O) groups excluding carboxylic acids is 2. The van der Waals surface area contributed by atoms with Crippen molar-refractivity contribution in [1.29, 1.82) is 0 Å². The molecule has 16 heavy (non-hydrogen) atoms. The number of hydrogen-bond donors (Lipinski definition) is 3. The first-order chi connectivity index (χ1) is 7.14. The molecule has 0 fully saturated rings. The highest BCUT2D eigenvalue weighted by molar-refractivity contribution is 5.90. The van der Waals surface area contributed by atoms with E-state index in [0.29, 0.717) is 0 Å². The van der Waals surface area contributed by atoms with Gasteiger partial charge in [0.25, 0.3) is 0 Å². The van der Waals surface area contributed by atoms with E-state index in [1.54, 1.807) is 20.8 Å². The molecule has 0 aromatic carbocycles. The maximum atomic E-state index is 11.5. The third-order valence-electron chi connectivity index (χ3n) is 1.84. The molecule has 92 valence electrons. The van der Waals surface area contributed by atoms with E-state index in [1.165, 1.54) is 6.92 Å². The summed E-state index contributed by atoms with van der Waals surface area (Å²) in [6.07, 6.45) is 0. The minimum atomic E-state index is -1.12. The minimum absolute atomic E-state index is 0.259. The molecule has 0 aromatic heterocycles. The van der Waals surface area contributed by atoms with Crippen LogP contribution in [0.5, 0.6) is 0 Å². The number of aliphatic carboxylic acids is 1. The second-order valence-electron chi connectivity index (χ2n) is 4.56. The Morgan fingerprint density at radius 2 is 1.75 bits per heavy atom. The van der Waals surface area contributed by atoms with Gasteiger partial charge >= 0.3 is 5.97 Å². The van der Waals surface area contributed by atoms with Gasteiger partial charge in [-0.2, -0.15) is 0 Å². The summed E-state index contributed by atoms with van der Waals surface area (Å²) in [6, 6.07) is -0.744. The van der Waals surface area contributed by atoms with Crippen molar-refractivity contribution in [3.05, 3.63) is 0 Å². The second-order valence-corrected chi connectivity index (χ2v) is 4.56. The van der Waals surface area contributed by atoms with Crippen LogP contribution in [0, 0.1) is 5.41 Å². The average molecular weight is 230 g/mol. The number of nitrogens with one attached hydrogen (secondary N) is 2. The van der Waals surface area contributed by atoms with Crippen LogP contribution in [-0.4, -0.2) is 35.5 Å². The number of hydrogen-bond acceptors (Lipinski definition) is 3. The fourth-order valence-electron chi connectivity index (χ4n) is 0.795. The predicted molar refractivity (Wildman–Crippen MR) is 57.7 cm³/mol. The van der Waals surface area contributed by atoms with Crippen molar-refractivity contribution in [2.24, 2.45) is 5.41 Å². The van der Waals surface area contributed by atoms with Crippen molar-refractivity contribution < 1.29 is 19.5 Å². The van der Waals surface area contributed by atoms with Crippen molar-refractivity contribution in [2.75, 3.05) is 6.54 Å². The number of carbonyl (C=O) groups is 3. The van der Waals surface area contributed by atoms with E-state index in [4.69, 9.17) is 5.11 Å². The molecule has 0 aromatic rings. The molecule has 0 aliphatic rings. The first-order valence-corrected chi connectivity index (χ1v) is 4.95. The first-order valence-electron chi connectivity index (χ1n) is 4.95. The predicted octanol–water partition coefficient (Wildman–Crippen LogP) is -0.262. The van der Waals surface area contributed by atoms with Gasteiger partial charge in [0.1, 0.15) is 12.6 Å². The molecule has 0 saturated heterocycles. The van der Waals surface area contributed by atoms with Crippen LogP contribution >= 0.6 is 0 Å². The minimum Gasteiger partial charge on any atom is -0.480 e. The van der Waals surface area contributed by atoms with Crippen molar-refractivity contribution in [3.8, 4) is 0 Å². The molecule has 6 heteroatoms. The van der Waals surface area contributed by atoms with Crippen molar-refractivity contribution in [2.45, 2.75) is 33.7 Å². The van der Waals surface area contributed by atoms with Gasteiger partial charge in [-0.25, -0.2) is 0 Å². The lowest BCUT2D eigenvalue weighted by molar-refractivity contribution is -0.138. The van der Waals surface area contributed by atoms with Crippen LogP contribution in [0.2, 0.25) is 0 Å². The molecule has 0 rings (SSSR count). The van der Waals surface area contributed by atoms with Crippen molar-refractivity contribution in [3.63, 3.8) is 0 Å². The summed E-state index contributed by atoms with van der Waals surface area (Å²) >= 11 is 0. The number of amides is 2. The van der Waals surface area contributed by atoms with E-state index in [-0.39, 0.29) is 5.91 Å². The summed E-state index contributed by atoms with van der Waals surface area (Å²) in [5, 5.41) is 13.0. The van der Waals surface area contributed by atoms with E-state index in [1.807, 2.05) is 0 Å². The number of carboxylic acid groups (broad SMARTS) is 1. The van der Waals surface area contributed by atoms with Crippen LogP contribution in [-0.2, 0) is 14.4 Å². The highest BCUT2D eigenvalue weighted by Gasteiger charge is 2.24. The van der Waals surface area contributed by atoms with Crippen LogP contribution in [0.15, 0.2) is 0 Å². The van der Waals surface area contributed by atoms with E-state index in [9.17, 15) is 14.4 Å². The summed E-state index contributed by atoms with van der Waals surface area (Å²) < 4.78 is 0. The van der Waals surface area contributed by atoms with Gasteiger partial charge in [-0.15, -0.1) is 0 Å². The Balaban J connectivity index is 4.16. The molecule has 1 atom stereocenters. The van der Waals surface area contributed by atoms with Crippen LogP contribution in [0.3, 0.4) is 0 Å². The molecule has 0 radical (unpaired) electrons. The smallest absolute Gasteiger partial charge is 0.322 e. The Bertz CT molecular complexity index is 294. The van der Waals surface area contributed by atoms with Crippen molar-refractivity contribution in [1.82, 2.24) is 10.6 Å². The van der Waals surface area contributed by atoms with E-state index < -0.39 is 29.9 Å². The van der Waals surface area contributed by atoms with Crippen LogP contribution in [0.4, 0.5) is 0 Å². The van der Waals surface area contributed by atoms with Crippen LogP contribution in [0.25, 0.3) is 0 Å². The Morgan fingerprint density at radius 1 is 1.25 bits per heavy atom. The van der Waals surface area contributed by atoms with Gasteiger partial charge in [-0.1, -0.05) is 20.8 Å². The average Bonchev–Trinajstić information content (AvgIpc) is 2.12. The summed E-state index contributed by atoms with van der Waals surface area (Å²) in [4.78, 5) is 33.0. The van der Waals surface area contributed by atoms with E-state index in [2.05, 4.69) is 10.6 Å². The SMILES string of the molecule is CC(NC(=O)C(C)(C)C)C(=O)NCC(=O)O. The Morgan fingerprint density at radius 3 is 2.12 bits per heavy atom. The van der Waals surface area contributed by atoms with Gasteiger partial charge in [0.15, 0.2) is 0 Å². The zero-order valence-corrected chi connectivity index (χ0v) is 9.96. The van der Waals surface area contributed by atoms with Gasteiger partial charge in [0.2, 0.25) is 11.8 Å². The van der Waals surface area contributed by atoms with Crippen molar-refractivity contribution >= 4 is 17.8 Å². The topological polar surface area (TPSA) is 95.5 Å². The standard InChI is InChI=1S/C10H18N2O4/c1-6(8(15)11-5-7(13)14)12-9(16)10(2,3)4/h6H,5H2,1-4H3,(H,11,15)(H,12,16)(H,13,14). The summed E-state index contributed by atoms with van der Waals surface area (Å²) in [5.74, 6) is -1.90. The molecule has 0 spiro atoms. The highest BCUT2D eigenvalue weighted by Crippen LogP contribution is 2.12. The lowest BCUT2D eigenvalue weighted by Crippen LogP contribution is -2.49. The zero-order chi connectivity index (χ0) is 12.9. The molecule has 1 unspecified atom stereocenters. The number of carboxylic acids is 1. The third-order valence-corrected chi connectivity index (χ3v) is 1.84. The molecular weight excluding hydrogens is 212 g/mol. The lowest BCUT2D eigenvalue weighted by atomic mass is 9.95. The monoisotopic (exact) mass is 230 g/mol. The molecule has 0 heterocycles. The van der Waals surface area contributed by atoms with Gasteiger partial charge in [0, 0.05) is 5.41 Å². The Labute approximate surface area is 94.4 Å². The molecule has 0 aliphatic carbocycles. The second kappa shape index (κ2) is 5.48. The third kappa shape index (κ3) is 5.33. The maximum absolute atomic E-state index is 11.5. The Kier molecular flexibility index (Phi) is 4.94. The molecule has 0 bridgehead atoms. The van der Waals surface area contributed by atoms with Crippen LogP contribution < -0.4 is 10.6 Å². The molecule has 3 N–H and O–H groups in total. The van der Waals surface area contributed by atoms with Gasteiger partial charge in [-0.05, 0) is 6.92 Å². The number of rotatable bonds is 4. The van der Waals surface area contributed by atoms with Gasteiger partial charge in [-0.3, -0.25) is 14.4 Å². The summed E-state index contributed by atoms with van der Waals surface area (Å²) in [7, 11) is 0. The molecule has 0 aliphatic heterocycles. The molecule has 2 amide bonds. The molecular formula is C10H18N2O4. The fraction of sp³-hybridized carbons (Fsp3) is 0.700. The van der Waals surface area contributed by atoms with E-state index in [0.717, 1.165) is 0 Å². The summed E-state index contributed by atoms with van der Waals surface area (Å²) in [5.41, 5.74) is -0.582. The van der Waals surface area contributed by atoms with E-state index >= 15 is 0 Å².